The summed E-state index contributed by atoms with van der Waals surface area (Å²) in [4.78, 5) is 12.9. The molecule has 1 fully saturated rings. The molecule has 0 aliphatic carbocycles. The van der Waals surface area contributed by atoms with Gasteiger partial charge < -0.3 is 40.3 Å². The molecule has 0 aromatic heterocycles. The van der Waals surface area contributed by atoms with Crippen molar-refractivity contribution in [3.63, 3.8) is 0 Å². The van der Waals surface area contributed by atoms with Gasteiger partial charge in [0, 0.05) is 0 Å². The number of nitrogens with one attached hydrogen (secondary N) is 1. The summed E-state index contributed by atoms with van der Waals surface area (Å²) in [7, 11) is -5.12. The van der Waals surface area contributed by atoms with Crippen LogP contribution in [0.5, 0.6) is 0 Å². The van der Waals surface area contributed by atoms with Crippen LogP contribution >= 0.6 is 0 Å². The Balaban J connectivity index is 2.79. The highest BCUT2D eigenvalue weighted by Crippen LogP contribution is 2.26. The van der Waals surface area contributed by atoms with Crippen molar-refractivity contribution < 1.29 is 57.0 Å². The van der Waals surface area contributed by atoms with Crippen molar-refractivity contribution in [2.45, 2.75) is 159 Å². The van der Waals surface area contributed by atoms with Gasteiger partial charge >= 0.3 is 10.4 Å². The molecule has 8 unspecified atom stereocenters. The molecule has 50 heavy (non-hydrogen) atoms. The van der Waals surface area contributed by atoms with Crippen molar-refractivity contribution in [3.8, 4) is 0 Å². The fourth-order valence-electron chi connectivity index (χ4n) is 5.26. The van der Waals surface area contributed by atoms with Crippen LogP contribution in [0.2, 0.25) is 0 Å². The van der Waals surface area contributed by atoms with Crippen molar-refractivity contribution in [2.75, 3.05) is 13.2 Å². The maximum absolute atomic E-state index is 12.9. The molecule has 0 saturated carbocycles. The van der Waals surface area contributed by atoms with E-state index >= 15 is 0 Å². The Morgan fingerprint density at radius 1 is 0.820 bits per heavy atom. The van der Waals surface area contributed by atoms with Crippen LogP contribution in [-0.4, -0.2) is 107 Å². The standard InChI is InChI=1S/C36H63NO12S/c1-3-5-7-9-11-13-15-17-19-21-23-25-30(40)35(43)37-28(29(39)24-22-20-18-16-14-12-10-8-6-4-2)27-47-36-33(42)34(49-50(44,45)46)32(41)31(26-38)48-36/h6,8,11,13-14,16,22,24,28-34,36,38-42H,3-5,7,9-10,12,15,17-21,23,25-27H2,1-2H3,(H,37,43)(H,44,45,46)/b8-6+,13-11-,16-14+,24-22+. The Hall–Kier alpha value is -1.98. The second-order valence-corrected chi connectivity index (χ2v) is 13.6. The minimum absolute atomic E-state index is 0.216. The number of ether oxygens (including phenoxy) is 2. The van der Waals surface area contributed by atoms with Crippen LogP contribution in [0.4, 0.5) is 0 Å². The van der Waals surface area contributed by atoms with Gasteiger partial charge in [-0.1, -0.05) is 94.6 Å². The highest BCUT2D eigenvalue weighted by molar-refractivity contribution is 7.80. The summed E-state index contributed by atoms with van der Waals surface area (Å²) in [6.07, 6.45) is 18.1. The van der Waals surface area contributed by atoms with Crippen molar-refractivity contribution in [2.24, 2.45) is 0 Å². The molecule has 14 heteroatoms. The van der Waals surface area contributed by atoms with E-state index in [1.807, 2.05) is 6.08 Å². The van der Waals surface area contributed by atoms with Crippen LogP contribution in [0.25, 0.3) is 0 Å². The highest BCUT2D eigenvalue weighted by atomic mass is 32.3. The van der Waals surface area contributed by atoms with E-state index < -0.39 is 78.5 Å². The zero-order valence-corrected chi connectivity index (χ0v) is 30.6. The van der Waals surface area contributed by atoms with Crippen LogP contribution in [0.15, 0.2) is 48.6 Å². The molecule has 0 aromatic carbocycles. The first-order chi connectivity index (χ1) is 23.9. The fourth-order valence-corrected chi connectivity index (χ4v) is 5.76. The van der Waals surface area contributed by atoms with Crippen molar-refractivity contribution >= 4 is 16.3 Å². The van der Waals surface area contributed by atoms with Gasteiger partial charge in [-0.3, -0.25) is 9.35 Å². The molecule has 7 N–H and O–H groups in total. The summed E-state index contributed by atoms with van der Waals surface area (Å²) in [6.45, 7) is 2.96. The number of carbonyl (C=O) groups is 1. The maximum atomic E-state index is 12.9. The third-order valence-corrected chi connectivity index (χ3v) is 8.64. The number of allylic oxidation sites excluding steroid dienone is 7. The third-order valence-electron chi connectivity index (χ3n) is 8.18. The second-order valence-electron chi connectivity index (χ2n) is 12.5. The average molecular weight is 734 g/mol. The van der Waals surface area contributed by atoms with Crippen LogP contribution in [0, 0.1) is 0 Å². The molecule has 290 valence electrons. The molecule has 1 amide bonds. The lowest BCUT2D eigenvalue weighted by Crippen LogP contribution is -2.61. The van der Waals surface area contributed by atoms with E-state index in [1.54, 1.807) is 6.08 Å². The topological polar surface area (TPSA) is 212 Å². The molecule has 0 spiro atoms. The number of aliphatic hydroxyl groups excluding tert-OH is 5. The predicted octanol–water partition coefficient (Wildman–Crippen LogP) is 3.95. The monoisotopic (exact) mass is 733 g/mol. The molecule has 1 saturated heterocycles. The Labute approximate surface area is 299 Å². The molecule has 8 atom stereocenters. The zero-order chi connectivity index (χ0) is 37.2. The molecule has 13 nitrogen and oxygen atoms in total. The normalized spacial score (nSPS) is 23.7. The second kappa shape index (κ2) is 27.6. The molecule has 1 aliphatic heterocycles. The number of hydrogen-bond acceptors (Lipinski definition) is 11. The van der Waals surface area contributed by atoms with Crippen LogP contribution in [-0.2, 0) is 28.9 Å². The molecule has 0 radical (unpaired) electrons. The van der Waals surface area contributed by atoms with E-state index in [-0.39, 0.29) is 6.42 Å². The van der Waals surface area contributed by atoms with Gasteiger partial charge in [-0.25, -0.2) is 4.18 Å². The summed E-state index contributed by atoms with van der Waals surface area (Å²) >= 11 is 0. The molecule has 1 aliphatic rings. The van der Waals surface area contributed by atoms with Gasteiger partial charge in [0.2, 0.25) is 5.91 Å². The van der Waals surface area contributed by atoms with Crippen molar-refractivity contribution in [3.05, 3.63) is 48.6 Å². The van der Waals surface area contributed by atoms with E-state index in [2.05, 4.69) is 53.7 Å². The quantitative estimate of drug-likeness (QED) is 0.0346. The summed E-state index contributed by atoms with van der Waals surface area (Å²) in [5.41, 5.74) is 0. The summed E-state index contributed by atoms with van der Waals surface area (Å²) < 4.78 is 47.1. The Bertz CT molecular complexity index is 1110. The number of unbranched alkanes of at least 4 members (excludes halogenated alkanes) is 9. The van der Waals surface area contributed by atoms with Gasteiger partial charge in [0.1, 0.15) is 30.5 Å². The van der Waals surface area contributed by atoms with E-state index in [9.17, 15) is 38.7 Å². The lowest BCUT2D eigenvalue weighted by atomic mass is 9.99. The Kier molecular flexibility index (Phi) is 25.5. The minimum atomic E-state index is -5.12. The Morgan fingerprint density at radius 2 is 1.40 bits per heavy atom. The molecular weight excluding hydrogens is 670 g/mol. The van der Waals surface area contributed by atoms with Gasteiger partial charge in [0.05, 0.1) is 25.4 Å². The van der Waals surface area contributed by atoms with Crippen LogP contribution in [0.3, 0.4) is 0 Å². The third kappa shape index (κ3) is 20.8. The van der Waals surface area contributed by atoms with Gasteiger partial charge in [-0.15, -0.1) is 0 Å². The van der Waals surface area contributed by atoms with Crippen LogP contribution in [0.1, 0.15) is 110 Å². The van der Waals surface area contributed by atoms with Gasteiger partial charge in [0.15, 0.2) is 6.29 Å². The van der Waals surface area contributed by atoms with Crippen molar-refractivity contribution in [1.29, 1.82) is 0 Å². The molecular formula is C36H63NO12S. The fraction of sp³-hybridized carbons (Fsp3) is 0.750. The summed E-state index contributed by atoms with van der Waals surface area (Å²) in [6, 6.07) is -1.14. The van der Waals surface area contributed by atoms with E-state index in [4.69, 9.17) is 14.0 Å². The smallest absolute Gasteiger partial charge is 0.394 e. The number of aliphatic hydroxyl groups is 5. The summed E-state index contributed by atoms with van der Waals surface area (Å²) in [5, 5.41) is 54.6. The first-order valence-corrected chi connectivity index (χ1v) is 19.5. The number of carbonyl (C=O) groups excluding carboxylic acids is 1. The first kappa shape index (κ1) is 46.0. The van der Waals surface area contributed by atoms with Crippen molar-refractivity contribution in [1.82, 2.24) is 5.32 Å². The first-order valence-electron chi connectivity index (χ1n) is 18.1. The van der Waals surface area contributed by atoms with E-state index in [1.165, 1.54) is 25.3 Å². The zero-order valence-electron chi connectivity index (χ0n) is 29.8. The number of hydrogen-bond donors (Lipinski definition) is 7. The SMILES string of the molecule is CC/C=C/CC/C=C/CC/C=C/C(O)C(COC1OC(CO)C(O)C(OS(=O)(=O)O)C1O)NC(=O)C(O)CCCCCC/C=C\CCCCC. The number of amides is 1. The maximum Gasteiger partial charge on any atom is 0.397 e. The van der Waals surface area contributed by atoms with E-state index in [0.29, 0.717) is 12.8 Å². The minimum Gasteiger partial charge on any atom is -0.394 e. The predicted molar refractivity (Wildman–Crippen MR) is 191 cm³/mol. The van der Waals surface area contributed by atoms with Crippen LogP contribution < -0.4 is 5.32 Å². The van der Waals surface area contributed by atoms with E-state index in [0.717, 1.165) is 57.8 Å². The molecule has 0 aromatic rings. The lowest BCUT2D eigenvalue weighted by Gasteiger charge is -2.41. The molecule has 1 heterocycles. The van der Waals surface area contributed by atoms with Gasteiger partial charge in [-0.2, -0.15) is 8.42 Å². The molecule has 0 bridgehead atoms. The molecule has 1 rings (SSSR count). The average Bonchev–Trinajstić information content (AvgIpc) is 3.08. The number of rotatable bonds is 28. The highest BCUT2D eigenvalue weighted by Gasteiger charge is 2.48. The van der Waals surface area contributed by atoms with Gasteiger partial charge in [0.25, 0.3) is 0 Å². The largest absolute Gasteiger partial charge is 0.397 e. The Morgan fingerprint density at radius 3 is 2.00 bits per heavy atom. The van der Waals surface area contributed by atoms with Gasteiger partial charge in [-0.05, 0) is 64.2 Å². The summed E-state index contributed by atoms with van der Waals surface area (Å²) in [5.74, 6) is -0.734. The lowest BCUT2D eigenvalue weighted by molar-refractivity contribution is -0.298.